The van der Waals surface area contributed by atoms with Crippen LogP contribution < -0.4 is 0 Å². The highest BCUT2D eigenvalue weighted by Crippen LogP contribution is 2.22. The summed E-state index contributed by atoms with van der Waals surface area (Å²) in [7, 11) is 1.56. The van der Waals surface area contributed by atoms with Crippen LogP contribution in [0, 0.1) is 10.1 Å². The Morgan fingerprint density at radius 2 is 2.10 bits per heavy atom. The van der Waals surface area contributed by atoms with E-state index in [1.807, 2.05) is 0 Å². The van der Waals surface area contributed by atoms with Crippen molar-refractivity contribution in [3.63, 3.8) is 0 Å². The number of pyridine rings is 2. The van der Waals surface area contributed by atoms with Gasteiger partial charge in [-0.25, -0.2) is 4.98 Å². The Morgan fingerprint density at radius 3 is 2.71 bits per heavy atom. The van der Waals surface area contributed by atoms with Crippen molar-refractivity contribution in [3.05, 3.63) is 63.2 Å². The number of carbonyl (C=O) groups is 1. The van der Waals surface area contributed by atoms with E-state index < -0.39 is 10.8 Å². The van der Waals surface area contributed by atoms with Crippen molar-refractivity contribution in [1.82, 2.24) is 14.9 Å². The quantitative estimate of drug-likeness (QED) is 0.491. The highest BCUT2D eigenvalue weighted by atomic mass is 35.5. The number of nitrogens with zero attached hydrogens (tertiary/aromatic N) is 4. The number of hydrogen-bond donors (Lipinski definition) is 0. The molecule has 0 fully saturated rings. The second-order valence-corrected chi connectivity index (χ2v) is 4.69. The highest BCUT2D eigenvalue weighted by molar-refractivity contribution is 6.29. The largest absolute Gasteiger partial charge is 0.337 e. The van der Waals surface area contributed by atoms with Crippen LogP contribution in [-0.4, -0.2) is 32.7 Å². The standard InChI is InChI=1S/C13H11ClN4O3/c1-17(8-9-2-4-15-5-3-9)13(19)10-6-12(14)16-7-11(10)18(20)21/h2-7H,8H2,1H3. The first kappa shape index (κ1) is 14.9. The van der Waals surface area contributed by atoms with Gasteiger partial charge in [-0.05, 0) is 23.8 Å². The molecule has 2 rings (SSSR count). The minimum absolute atomic E-state index is 0.0289. The number of amides is 1. The van der Waals surface area contributed by atoms with E-state index in [0.717, 1.165) is 11.8 Å². The van der Waals surface area contributed by atoms with E-state index in [9.17, 15) is 14.9 Å². The molecule has 21 heavy (non-hydrogen) atoms. The molecule has 108 valence electrons. The van der Waals surface area contributed by atoms with Crippen molar-refractivity contribution in [2.24, 2.45) is 0 Å². The maximum atomic E-state index is 12.3. The summed E-state index contributed by atoms with van der Waals surface area (Å²) in [6.45, 7) is 0.304. The number of aromatic nitrogens is 2. The van der Waals surface area contributed by atoms with Crippen molar-refractivity contribution >= 4 is 23.2 Å². The molecule has 0 N–H and O–H groups in total. The van der Waals surface area contributed by atoms with Gasteiger partial charge in [0.1, 0.15) is 16.9 Å². The Hall–Kier alpha value is -2.54. The fraction of sp³-hybridized carbons (Fsp3) is 0.154. The van der Waals surface area contributed by atoms with Gasteiger partial charge < -0.3 is 4.90 Å². The van der Waals surface area contributed by atoms with Crippen molar-refractivity contribution in [2.45, 2.75) is 6.54 Å². The fourth-order valence-corrected chi connectivity index (χ4v) is 1.94. The predicted molar refractivity (Wildman–Crippen MR) is 75.9 cm³/mol. The van der Waals surface area contributed by atoms with Gasteiger partial charge in [-0.3, -0.25) is 19.9 Å². The molecule has 2 heterocycles. The van der Waals surface area contributed by atoms with Crippen molar-refractivity contribution in [3.8, 4) is 0 Å². The van der Waals surface area contributed by atoms with Gasteiger partial charge in [0, 0.05) is 26.0 Å². The van der Waals surface area contributed by atoms with E-state index in [4.69, 9.17) is 11.6 Å². The molecule has 0 aromatic carbocycles. The molecule has 7 nitrogen and oxygen atoms in total. The first-order chi connectivity index (χ1) is 9.99. The van der Waals surface area contributed by atoms with Crippen LogP contribution in [0.1, 0.15) is 15.9 Å². The van der Waals surface area contributed by atoms with E-state index in [-0.39, 0.29) is 16.4 Å². The van der Waals surface area contributed by atoms with Crippen LogP contribution in [0.15, 0.2) is 36.8 Å². The normalized spacial score (nSPS) is 10.2. The summed E-state index contributed by atoms with van der Waals surface area (Å²) in [5, 5.41) is 11.0. The summed E-state index contributed by atoms with van der Waals surface area (Å²) in [5.74, 6) is -0.497. The Balaban J connectivity index is 2.27. The molecule has 0 bridgehead atoms. The van der Waals surface area contributed by atoms with Crippen LogP contribution in [-0.2, 0) is 6.54 Å². The molecule has 0 spiro atoms. The monoisotopic (exact) mass is 306 g/mol. The van der Waals surface area contributed by atoms with E-state index in [1.165, 1.54) is 11.0 Å². The minimum Gasteiger partial charge on any atom is -0.337 e. The topological polar surface area (TPSA) is 89.2 Å². The Labute approximate surface area is 125 Å². The summed E-state index contributed by atoms with van der Waals surface area (Å²) in [6.07, 6.45) is 4.20. The third-order valence-corrected chi connectivity index (χ3v) is 3.00. The van der Waals surface area contributed by atoms with Crippen LogP contribution in [0.4, 0.5) is 5.69 Å². The molecule has 0 aliphatic heterocycles. The van der Waals surface area contributed by atoms with E-state index in [0.29, 0.717) is 6.54 Å². The number of rotatable bonds is 4. The number of hydrogen-bond acceptors (Lipinski definition) is 5. The predicted octanol–water partition coefficient (Wildman–Crippen LogP) is 2.31. The SMILES string of the molecule is CN(Cc1ccncc1)C(=O)c1cc(Cl)ncc1[N+](=O)[O-]. The Bertz CT molecular complexity index is 678. The summed E-state index contributed by atoms with van der Waals surface area (Å²) >= 11 is 5.72. The summed E-state index contributed by atoms with van der Waals surface area (Å²) in [5.41, 5.74) is 0.409. The lowest BCUT2D eigenvalue weighted by atomic mass is 10.2. The van der Waals surface area contributed by atoms with Gasteiger partial charge in [-0.2, -0.15) is 0 Å². The van der Waals surface area contributed by atoms with Crippen molar-refractivity contribution in [2.75, 3.05) is 7.05 Å². The van der Waals surface area contributed by atoms with Gasteiger partial charge in [0.15, 0.2) is 0 Å². The minimum atomic E-state index is -0.656. The molecule has 0 unspecified atom stereocenters. The van der Waals surface area contributed by atoms with Gasteiger partial charge in [0.2, 0.25) is 0 Å². The lowest BCUT2D eigenvalue weighted by Gasteiger charge is -2.17. The Kier molecular flexibility index (Phi) is 4.44. The lowest BCUT2D eigenvalue weighted by Crippen LogP contribution is -2.27. The second kappa shape index (κ2) is 6.27. The maximum absolute atomic E-state index is 12.3. The summed E-state index contributed by atoms with van der Waals surface area (Å²) in [4.78, 5) is 31.5. The molecule has 0 radical (unpaired) electrons. The number of halogens is 1. The molecule has 2 aromatic heterocycles. The van der Waals surface area contributed by atoms with E-state index in [2.05, 4.69) is 9.97 Å². The molecule has 1 amide bonds. The molecule has 0 saturated carbocycles. The molecule has 0 aliphatic carbocycles. The van der Waals surface area contributed by atoms with Gasteiger partial charge in [0.05, 0.1) is 4.92 Å². The third kappa shape index (κ3) is 3.51. The van der Waals surface area contributed by atoms with Gasteiger partial charge in [-0.15, -0.1) is 0 Å². The fourth-order valence-electron chi connectivity index (χ4n) is 1.78. The van der Waals surface area contributed by atoms with Crippen LogP contribution >= 0.6 is 11.6 Å². The average Bonchev–Trinajstić information content (AvgIpc) is 2.47. The number of carbonyl (C=O) groups excluding carboxylic acids is 1. The average molecular weight is 307 g/mol. The van der Waals surface area contributed by atoms with Crippen LogP contribution in [0.25, 0.3) is 0 Å². The van der Waals surface area contributed by atoms with Crippen molar-refractivity contribution in [1.29, 1.82) is 0 Å². The van der Waals surface area contributed by atoms with Crippen molar-refractivity contribution < 1.29 is 9.72 Å². The molecular weight excluding hydrogens is 296 g/mol. The first-order valence-corrected chi connectivity index (χ1v) is 6.31. The zero-order valence-electron chi connectivity index (χ0n) is 11.1. The Morgan fingerprint density at radius 1 is 1.43 bits per heavy atom. The summed E-state index contributed by atoms with van der Waals surface area (Å²) in [6, 6.07) is 4.72. The van der Waals surface area contributed by atoms with Gasteiger partial charge in [-0.1, -0.05) is 11.6 Å². The molecule has 2 aromatic rings. The lowest BCUT2D eigenvalue weighted by molar-refractivity contribution is -0.385. The van der Waals surface area contributed by atoms with Gasteiger partial charge >= 0.3 is 0 Å². The molecule has 0 atom stereocenters. The zero-order valence-corrected chi connectivity index (χ0v) is 11.8. The molecule has 0 saturated heterocycles. The summed E-state index contributed by atoms with van der Waals surface area (Å²) < 4.78 is 0. The molecular formula is C13H11ClN4O3. The third-order valence-electron chi connectivity index (χ3n) is 2.79. The maximum Gasteiger partial charge on any atom is 0.300 e. The zero-order chi connectivity index (χ0) is 15.4. The van der Waals surface area contributed by atoms with Crippen LogP contribution in [0.5, 0.6) is 0 Å². The number of nitro groups is 1. The second-order valence-electron chi connectivity index (χ2n) is 4.30. The van der Waals surface area contributed by atoms with Crippen LogP contribution in [0.2, 0.25) is 5.15 Å². The van der Waals surface area contributed by atoms with E-state index in [1.54, 1.807) is 31.6 Å². The smallest absolute Gasteiger partial charge is 0.300 e. The molecule has 8 heteroatoms. The first-order valence-electron chi connectivity index (χ1n) is 5.93. The van der Waals surface area contributed by atoms with E-state index >= 15 is 0 Å². The van der Waals surface area contributed by atoms with Crippen LogP contribution in [0.3, 0.4) is 0 Å². The molecule has 0 aliphatic rings. The van der Waals surface area contributed by atoms with Gasteiger partial charge in [0.25, 0.3) is 11.6 Å². The highest BCUT2D eigenvalue weighted by Gasteiger charge is 2.24.